The van der Waals surface area contributed by atoms with E-state index in [-0.39, 0.29) is 31.4 Å². The molecule has 2 aliphatic rings. The van der Waals surface area contributed by atoms with E-state index in [1.54, 1.807) is 0 Å². The molecule has 3 N–H and O–H groups in total. The van der Waals surface area contributed by atoms with Crippen molar-refractivity contribution in [3.8, 4) is 11.1 Å². The molecule has 0 aromatic heterocycles. The Morgan fingerprint density at radius 3 is 2.06 bits per heavy atom. The molecule has 2 aliphatic carbocycles. The molecule has 0 saturated heterocycles. The molecule has 0 bridgehead atoms. The molecule has 7 heteroatoms. The molecule has 2 amide bonds. The Morgan fingerprint density at radius 1 is 1.00 bits per heavy atom. The minimum absolute atomic E-state index is 0.0268. The Morgan fingerprint density at radius 2 is 1.57 bits per heavy atom. The molecule has 2 aromatic rings. The SMILES string of the molecule is CCC(CC)(CNC(=O)CC1(NC(=O)OCC2c3ccccc3-c3ccccc32)CCC1)C(=O)O. The van der Waals surface area contributed by atoms with Gasteiger partial charge in [-0.05, 0) is 54.4 Å². The Labute approximate surface area is 206 Å². The molecular weight excluding hydrogens is 444 g/mol. The first kappa shape index (κ1) is 24.8. The Balaban J connectivity index is 1.35. The van der Waals surface area contributed by atoms with Gasteiger partial charge in [-0.25, -0.2) is 4.79 Å². The lowest BCUT2D eigenvalue weighted by Crippen LogP contribution is -2.56. The molecule has 0 unspecified atom stereocenters. The zero-order valence-corrected chi connectivity index (χ0v) is 20.4. The number of nitrogens with one attached hydrogen (secondary N) is 2. The van der Waals surface area contributed by atoms with Gasteiger partial charge in [0.15, 0.2) is 0 Å². The lowest BCUT2D eigenvalue weighted by molar-refractivity contribution is -0.149. The van der Waals surface area contributed by atoms with Gasteiger partial charge in [0, 0.05) is 18.9 Å². The maximum Gasteiger partial charge on any atom is 0.407 e. The molecule has 1 saturated carbocycles. The van der Waals surface area contributed by atoms with Crippen molar-refractivity contribution in [3.05, 3.63) is 59.7 Å². The summed E-state index contributed by atoms with van der Waals surface area (Å²) in [6, 6.07) is 16.3. The van der Waals surface area contributed by atoms with Crippen LogP contribution in [0.2, 0.25) is 0 Å². The van der Waals surface area contributed by atoms with E-state index in [0.717, 1.165) is 17.5 Å². The van der Waals surface area contributed by atoms with Crippen LogP contribution in [0.15, 0.2) is 48.5 Å². The van der Waals surface area contributed by atoms with Crippen LogP contribution >= 0.6 is 0 Å². The van der Waals surface area contributed by atoms with Crippen molar-refractivity contribution < 1.29 is 24.2 Å². The molecular formula is C28H34N2O5. The van der Waals surface area contributed by atoms with Crippen molar-refractivity contribution in [2.45, 2.75) is 63.8 Å². The Kier molecular flexibility index (Phi) is 7.15. The van der Waals surface area contributed by atoms with Gasteiger partial charge in [-0.3, -0.25) is 9.59 Å². The standard InChI is InChI=1S/C28H34N2O5/c1-3-27(4-2,25(32)33)18-29-24(31)16-28(14-9-15-28)30-26(34)35-17-23-21-12-7-5-10-19(21)20-11-6-8-13-22(20)23/h5-8,10-13,23H,3-4,9,14-18H2,1-2H3,(H,29,31)(H,30,34)(H,32,33). The predicted molar refractivity (Wildman–Crippen MR) is 133 cm³/mol. The zero-order valence-electron chi connectivity index (χ0n) is 20.4. The second-order valence-electron chi connectivity index (χ2n) is 9.83. The van der Waals surface area contributed by atoms with E-state index in [2.05, 4.69) is 34.9 Å². The third kappa shape index (κ3) is 4.90. The summed E-state index contributed by atoms with van der Waals surface area (Å²) in [4.78, 5) is 37.2. The van der Waals surface area contributed by atoms with Crippen molar-refractivity contribution in [1.29, 1.82) is 0 Å². The molecule has 0 radical (unpaired) electrons. The van der Waals surface area contributed by atoms with Gasteiger partial charge in [-0.1, -0.05) is 62.4 Å². The smallest absolute Gasteiger partial charge is 0.407 e. The topological polar surface area (TPSA) is 105 Å². The van der Waals surface area contributed by atoms with Gasteiger partial charge in [0.2, 0.25) is 5.91 Å². The van der Waals surface area contributed by atoms with Gasteiger partial charge in [-0.2, -0.15) is 0 Å². The van der Waals surface area contributed by atoms with Crippen LogP contribution in [0, 0.1) is 5.41 Å². The molecule has 186 valence electrons. The maximum absolute atomic E-state index is 12.8. The number of fused-ring (bicyclic) bond motifs is 3. The summed E-state index contributed by atoms with van der Waals surface area (Å²) in [5.74, 6) is -1.19. The Hall–Kier alpha value is -3.35. The summed E-state index contributed by atoms with van der Waals surface area (Å²) in [6.07, 6.45) is 2.75. The summed E-state index contributed by atoms with van der Waals surface area (Å²) in [5, 5.41) is 15.3. The van der Waals surface area contributed by atoms with Gasteiger partial charge in [0.1, 0.15) is 6.61 Å². The number of aliphatic carboxylic acids is 1. The van der Waals surface area contributed by atoms with Crippen LogP contribution in [0.5, 0.6) is 0 Å². The fraction of sp³-hybridized carbons (Fsp3) is 0.464. The van der Waals surface area contributed by atoms with Crippen LogP contribution in [0.1, 0.15) is 69.4 Å². The molecule has 35 heavy (non-hydrogen) atoms. The second kappa shape index (κ2) is 10.1. The van der Waals surface area contributed by atoms with E-state index in [0.29, 0.717) is 25.7 Å². The highest BCUT2D eigenvalue weighted by Gasteiger charge is 2.42. The number of hydrogen-bond donors (Lipinski definition) is 3. The number of hydrogen-bond acceptors (Lipinski definition) is 4. The molecule has 4 rings (SSSR count). The van der Waals surface area contributed by atoms with Crippen LogP contribution in [0.3, 0.4) is 0 Å². The van der Waals surface area contributed by atoms with Gasteiger partial charge in [-0.15, -0.1) is 0 Å². The highest BCUT2D eigenvalue weighted by Crippen LogP contribution is 2.44. The van der Waals surface area contributed by atoms with Gasteiger partial charge >= 0.3 is 12.1 Å². The van der Waals surface area contributed by atoms with Crippen molar-refractivity contribution in [2.75, 3.05) is 13.2 Å². The minimum atomic E-state index is -0.970. The molecule has 0 aliphatic heterocycles. The quantitative estimate of drug-likeness (QED) is 0.453. The number of rotatable bonds is 10. The minimum Gasteiger partial charge on any atom is -0.481 e. The van der Waals surface area contributed by atoms with E-state index < -0.39 is 23.0 Å². The number of carboxylic acids is 1. The summed E-state index contributed by atoms with van der Waals surface area (Å²) in [7, 11) is 0. The number of ether oxygens (including phenoxy) is 1. The molecule has 7 nitrogen and oxygen atoms in total. The number of carbonyl (C=O) groups excluding carboxylic acids is 2. The highest BCUT2D eigenvalue weighted by atomic mass is 16.5. The zero-order chi connectivity index (χ0) is 25.1. The van der Waals surface area contributed by atoms with Crippen LogP contribution in [0.25, 0.3) is 11.1 Å². The van der Waals surface area contributed by atoms with Crippen molar-refractivity contribution >= 4 is 18.0 Å². The molecule has 0 atom stereocenters. The average Bonchev–Trinajstić information content (AvgIpc) is 3.16. The molecule has 0 spiro atoms. The largest absolute Gasteiger partial charge is 0.481 e. The second-order valence-corrected chi connectivity index (χ2v) is 9.83. The molecule has 1 fully saturated rings. The number of alkyl carbamates (subject to hydrolysis) is 1. The van der Waals surface area contributed by atoms with Crippen LogP contribution in [-0.4, -0.2) is 41.8 Å². The van der Waals surface area contributed by atoms with Crippen LogP contribution < -0.4 is 10.6 Å². The van der Waals surface area contributed by atoms with Gasteiger partial charge in [0.05, 0.1) is 11.0 Å². The number of benzene rings is 2. The predicted octanol–water partition coefficient (Wildman–Crippen LogP) is 4.85. The molecule has 2 aromatic carbocycles. The summed E-state index contributed by atoms with van der Waals surface area (Å²) >= 11 is 0. The Bertz CT molecular complexity index is 1060. The van der Waals surface area contributed by atoms with E-state index in [1.807, 2.05) is 38.1 Å². The van der Waals surface area contributed by atoms with E-state index in [4.69, 9.17) is 4.74 Å². The van der Waals surface area contributed by atoms with E-state index in [1.165, 1.54) is 11.1 Å². The first-order chi connectivity index (χ1) is 16.8. The average molecular weight is 479 g/mol. The first-order valence-corrected chi connectivity index (χ1v) is 12.5. The third-order valence-electron chi connectivity index (χ3n) is 7.95. The van der Waals surface area contributed by atoms with E-state index in [9.17, 15) is 19.5 Å². The third-order valence-corrected chi connectivity index (χ3v) is 7.95. The van der Waals surface area contributed by atoms with Crippen molar-refractivity contribution in [3.63, 3.8) is 0 Å². The lowest BCUT2D eigenvalue weighted by atomic mass is 9.74. The fourth-order valence-electron chi connectivity index (χ4n) is 5.32. The summed E-state index contributed by atoms with van der Waals surface area (Å²) in [6.45, 7) is 3.93. The fourth-order valence-corrected chi connectivity index (χ4v) is 5.32. The maximum atomic E-state index is 12.8. The summed E-state index contributed by atoms with van der Waals surface area (Å²) in [5.41, 5.74) is 3.02. The summed E-state index contributed by atoms with van der Waals surface area (Å²) < 4.78 is 5.67. The monoisotopic (exact) mass is 478 g/mol. The van der Waals surface area contributed by atoms with Crippen molar-refractivity contribution in [2.24, 2.45) is 5.41 Å². The number of amides is 2. The highest BCUT2D eigenvalue weighted by molar-refractivity contribution is 5.81. The van der Waals surface area contributed by atoms with Crippen molar-refractivity contribution in [1.82, 2.24) is 10.6 Å². The van der Waals surface area contributed by atoms with E-state index >= 15 is 0 Å². The van der Waals surface area contributed by atoms with Gasteiger partial charge in [0.25, 0.3) is 0 Å². The normalized spacial score (nSPS) is 15.9. The number of carbonyl (C=O) groups is 3. The number of carboxylic acid groups (broad SMARTS) is 1. The molecule has 0 heterocycles. The first-order valence-electron chi connectivity index (χ1n) is 12.5. The lowest BCUT2D eigenvalue weighted by Gasteiger charge is -2.41. The van der Waals surface area contributed by atoms with Gasteiger partial charge < -0.3 is 20.5 Å². The van der Waals surface area contributed by atoms with Crippen LogP contribution in [-0.2, 0) is 14.3 Å². The van der Waals surface area contributed by atoms with Crippen LogP contribution in [0.4, 0.5) is 4.79 Å².